The summed E-state index contributed by atoms with van der Waals surface area (Å²) in [6, 6.07) is -0.400. The predicted octanol–water partition coefficient (Wildman–Crippen LogP) is 1.27. The maximum absolute atomic E-state index is 12.5. The number of hydrogen-bond donors (Lipinski definition) is 2. The topological polar surface area (TPSA) is 75.4 Å². The summed E-state index contributed by atoms with van der Waals surface area (Å²) in [5.41, 5.74) is 5.86. The molecule has 0 aromatic heterocycles. The van der Waals surface area contributed by atoms with Gasteiger partial charge in [-0.25, -0.2) is 0 Å². The molecule has 1 aliphatic heterocycles. The zero-order valence-electron chi connectivity index (χ0n) is 13.3. The lowest BCUT2D eigenvalue weighted by atomic mass is 9.88. The number of carbonyl (C=O) groups is 2. The van der Waals surface area contributed by atoms with Gasteiger partial charge in [-0.15, -0.1) is 0 Å². The van der Waals surface area contributed by atoms with Crippen molar-refractivity contribution in [1.29, 1.82) is 0 Å². The number of nitrogens with two attached hydrogens (primary N) is 1. The van der Waals surface area contributed by atoms with Crippen molar-refractivity contribution in [2.24, 2.45) is 17.6 Å². The Morgan fingerprint density at radius 2 is 1.81 bits per heavy atom. The Bertz CT molecular complexity index is 378. The zero-order chi connectivity index (χ0) is 15.4. The van der Waals surface area contributed by atoms with Gasteiger partial charge < -0.3 is 16.0 Å². The molecule has 21 heavy (non-hydrogen) atoms. The molecular weight excluding hydrogens is 266 g/mol. The number of nitrogens with zero attached hydrogens (tertiary/aromatic N) is 1. The largest absolute Gasteiger partial charge is 0.350 e. The molecule has 0 aromatic carbocycles. The van der Waals surface area contributed by atoms with E-state index in [0.29, 0.717) is 12.5 Å². The Kier molecular flexibility index (Phi) is 5.62. The average Bonchev–Trinajstić information content (AvgIpc) is 2.94. The average molecular weight is 295 g/mol. The lowest BCUT2D eigenvalue weighted by Crippen LogP contribution is -2.49. The van der Waals surface area contributed by atoms with Crippen molar-refractivity contribution in [2.45, 2.75) is 64.5 Å². The smallest absolute Gasteiger partial charge is 0.237 e. The SMILES string of the molecule is CC(C)[C@H](N)C(=O)NC1CCN(C(=O)C2CCCCC2)C1. The van der Waals surface area contributed by atoms with Gasteiger partial charge in [-0.3, -0.25) is 9.59 Å². The zero-order valence-corrected chi connectivity index (χ0v) is 13.3. The van der Waals surface area contributed by atoms with Crippen molar-refractivity contribution in [1.82, 2.24) is 10.2 Å². The predicted molar refractivity (Wildman–Crippen MR) is 82.5 cm³/mol. The van der Waals surface area contributed by atoms with E-state index in [0.717, 1.165) is 25.8 Å². The van der Waals surface area contributed by atoms with E-state index in [9.17, 15) is 9.59 Å². The van der Waals surface area contributed by atoms with E-state index in [1.165, 1.54) is 19.3 Å². The van der Waals surface area contributed by atoms with Gasteiger partial charge in [-0.2, -0.15) is 0 Å². The van der Waals surface area contributed by atoms with Gasteiger partial charge in [0.15, 0.2) is 0 Å². The molecule has 0 spiro atoms. The van der Waals surface area contributed by atoms with Crippen molar-refractivity contribution >= 4 is 11.8 Å². The number of likely N-dealkylation sites (tertiary alicyclic amines) is 1. The van der Waals surface area contributed by atoms with Crippen LogP contribution in [-0.2, 0) is 9.59 Å². The number of hydrogen-bond acceptors (Lipinski definition) is 3. The van der Waals surface area contributed by atoms with Crippen LogP contribution in [0.3, 0.4) is 0 Å². The highest BCUT2D eigenvalue weighted by Crippen LogP contribution is 2.26. The van der Waals surface area contributed by atoms with Crippen LogP contribution >= 0.6 is 0 Å². The quantitative estimate of drug-likeness (QED) is 0.820. The van der Waals surface area contributed by atoms with E-state index >= 15 is 0 Å². The fourth-order valence-corrected chi connectivity index (χ4v) is 3.29. The summed E-state index contributed by atoms with van der Waals surface area (Å²) in [6.07, 6.45) is 6.51. The van der Waals surface area contributed by atoms with Crippen LogP contribution in [0.15, 0.2) is 0 Å². The summed E-state index contributed by atoms with van der Waals surface area (Å²) < 4.78 is 0. The Hall–Kier alpha value is -1.10. The molecule has 120 valence electrons. The van der Waals surface area contributed by atoms with E-state index in [2.05, 4.69) is 5.32 Å². The molecule has 3 N–H and O–H groups in total. The third kappa shape index (κ3) is 4.19. The maximum atomic E-state index is 12.5. The maximum Gasteiger partial charge on any atom is 0.237 e. The standard InChI is InChI=1S/C16H29N3O2/c1-11(2)14(17)15(20)18-13-8-9-19(10-13)16(21)12-6-4-3-5-7-12/h11-14H,3-10,17H2,1-2H3,(H,18,20)/t13?,14-/m0/s1. The van der Waals surface area contributed by atoms with Crippen molar-refractivity contribution in [3.8, 4) is 0 Å². The van der Waals surface area contributed by atoms with Crippen molar-refractivity contribution < 1.29 is 9.59 Å². The summed E-state index contributed by atoms with van der Waals surface area (Å²) in [6.45, 7) is 5.29. The van der Waals surface area contributed by atoms with Gasteiger partial charge in [0.2, 0.25) is 11.8 Å². The third-order valence-electron chi connectivity index (χ3n) is 4.82. The van der Waals surface area contributed by atoms with Gasteiger partial charge >= 0.3 is 0 Å². The molecule has 2 fully saturated rings. The molecule has 5 heteroatoms. The van der Waals surface area contributed by atoms with Crippen LogP contribution in [0.1, 0.15) is 52.4 Å². The van der Waals surface area contributed by atoms with Crippen LogP contribution in [0.4, 0.5) is 0 Å². The normalized spacial score (nSPS) is 25.1. The second-order valence-corrected chi connectivity index (χ2v) is 6.88. The van der Waals surface area contributed by atoms with E-state index < -0.39 is 6.04 Å². The van der Waals surface area contributed by atoms with Crippen LogP contribution in [0.25, 0.3) is 0 Å². The Labute approximate surface area is 127 Å². The number of carbonyl (C=O) groups excluding carboxylic acids is 2. The molecule has 2 aliphatic rings. The minimum atomic E-state index is -0.465. The van der Waals surface area contributed by atoms with Gasteiger partial charge in [0.25, 0.3) is 0 Å². The monoisotopic (exact) mass is 295 g/mol. The summed E-state index contributed by atoms with van der Waals surface area (Å²) >= 11 is 0. The summed E-state index contributed by atoms with van der Waals surface area (Å²) in [5, 5.41) is 2.99. The van der Waals surface area contributed by atoms with E-state index in [1.807, 2.05) is 18.7 Å². The number of rotatable bonds is 4. The minimum Gasteiger partial charge on any atom is -0.350 e. The van der Waals surface area contributed by atoms with E-state index in [4.69, 9.17) is 5.73 Å². The Balaban J connectivity index is 1.80. The van der Waals surface area contributed by atoms with Gasteiger partial charge in [0, 0.05) is 25.0 Å². The third-order valence-corrected chi connectivity index (χ3v) is 4.82. The molecule has 0 bridgehead atoms. The van der Waals surface area contributed by atoms with Crippen LogP contribution in [0, 0.1) is 11.8 Å². The molecular formula is C16H29N3O2. The second kappa shape index (κ2) is 7.25. The van der Waals surface area contributed by atoms with Crippen LogP contribution in [-0.4, -0.2) is 41.9 Å². The van der Waals surface area contributed by atoms with Crippen LogP contribution < -0.4 is 11.1 Å². The lowest BCUT2D eigenvalue weighted by Gasteiger charge is -2.26. The van der Waals surface area contributed by atoms with Crippen LogP contribution in [0.5, 0.6) is 0 Å². The minimum absolute atomic E-state index is 0.0647. The fourth-order valence-electron chi connectivity index (χ4n) is 3.29. The highest BCUT2D eigenvalue weighted by Gasteiger charge is 2.32. The lowest BCUT2D eigenvalue weighted by molar-refractivity contribution is -0.135. The molecule has 1 aliphatic carbocycles. The molecule has 0 radical (unpaired) electrons. The molecule has 1 saturated carbocycles. The number of amides is 2. The van der Waals surface area contributed by atoms with Crippen molar-refractivity contribution in [2.75, 3.05) is 13.1 Å². The Morgan fingerprint density at radius 1 is 1.14 bits per heavy atom. The summed E-state index contributed by atoms with van der Waals surface area (Å²) in [7, 11) is 0. The van der Waals surface area contributed by atoms with Crippen LogP contribution in [0.2, 0.25) is 0 Å². The van der Waals surface area contributed by atoms with Gasteiger partial charge in [0.05, 0.1) is 6.04 Å². The first-order chi connectivity index (χ1) is 9.99. The van der Waals surface area contributed by atoms with E-state index in [1.54, 1.807) is 0 Å². The van der Waals surface area contributed by atoms with Crippen molar-refractivity contribution in [3.05, 3.63) is 0 Å². The molecule has 2 atom stereocenters. The first kappa shape index (κ1) is 16.3. The first-order valence-electron chi connectivity index (χ1n) is 8.33. The number of nitrogens with one attached hydrogen (secondary N) is 1. The first-order valence-corrected chi connectivity index (χ1v) is 8.33. The van der Waals surface area contributed by atoms with Crippen molar-refractivity contribution in [3.63, 3.8) is 0 Å². The molecule has 5 nitrogen and oxygen atoms in total. The highest BCUT2D eigenvalue weighted by atomic mass is 16.2. The highest BCUT2D eigenvalue weighted by molar-refractivity contribution is 5.82. The molecule has 1 saturated heterocycles. The molecule has 1 unspecified atom stereocenters. The van der Waals surface area contributed by atoms with Gasteiger partial charge in [-0.1, -0.05) is 33.1 Å². The molecule has 2 amide bonds. The van der Waals surface area contributed by atoms with E-state index in [-0.39, 0.29) is 23.8 Å². The fraction of sp³-hybridized carbons (Fsp3) is 0.875. The molecule has 0 aromatic rings. The molecule has 2 rings (SSSR count). The van der Waals surface area contributed by atoms with Gasteiger partial charge in [-0.05, 0) is 25.2 Å². The summed E-state index contributed by atoms with van der Waals surface area (Å²) in [5.74, 6) is 0.541. The Morgan fingerprint density at radius 3 is 2.43 bits per heavy atom. The molecule has 1 heterocycles. The second-order valence-electron chi connectivity index (χ2n) is 6.88. The van der Waals surface area contributed by atoms with Gasteiger partial charge in [0.1, 0.15) is 0 Å². The summed E-state index contributed by atoms with van der Waals surface area (Å²) in [4.78, 5) is 26.4.